The van der Waals surface area contributed by atoms with E-state index in [1.807, 2.05) is 48.5 Å². The van der Waals surface area contributed by atoms with Crippen LogP contribution in [0.15, 0.2) is 53.0 Å². The van der Waals surface area contributed by atoms with Gasteiger partial charge in [-0.1, -0.05) is 57.9 Å². The second-order valence-corrected chi connectivity index (χ2v) is 4.96. The normalized spacial score (nSPS) is 12.4. The van der Waals surface area contributed by atoms with Crippen molar-refractivity contribution in [1.82, 2.24) is 5.43 Å². The van der Waals surface area contributed by atoms with E-state index in [-0.39, 0.29) is 6.04 Å². The van der Waals surface area contributed by atoms with Crippen molar-refractivity contribution in [3.8, 4) is 0 Å². The van der Waals surface area contributed by atoms with Crippen LogP contribution in [0, 0.1) is 0 Å². The second kappa shape index (κ2) is 5.65. The van der Waals surface area contributed by atoms with Crippen molar-refractivity contribution < 1.29 is 0 Å². The second-order valence-electron chi connectivity index (χ2n) is 3.67. The first-order valence-corrected chi connectivity index (χ1v) is 6.35. The van der Waals surface area contributed by atoms with Gasteiger partial charge in [-0.25, -0.2) is 5.43 Å². The Kier molecular flexibility index (Phi) is 4.18. The molecule has 0 aliphatic carbocycles. The van der Waals surface area contributed by atoms with E-state index in [0.29, 0.717) is 0 Å². The molecule has 0 aliphatic rings. The van der Waals surface area contributed by atoms with Gasteiger partial charge >= 0.3 is 0 Å². The van der Waals surface area contributed by atoms with Crippen LogP contribution in [0.2, 0.25) is 5.02 Å². The van der Waals surface area contributed by atoms with Crippen molar-refractivity contribution in [2.75, 3.05) is 0 Å². The molecular formula is C13H12BrClN2. The van der Waals surface area contributed by atoms with Crippen LogP contribution in [-0.2, 0) is 0 Å². The summed E-state index contributed by atoms with van der Waals surface area (Å²) in [6.07, 6.45) is 0. The zero-order valence-corrected chi connectivity index (χ0v) is 11.4. The lowest BCUT2D eigenvalue weighted by Gasteiger charge is -2.18. The highest BCUT2D eigenvalue weighted by Crippen LogP contribution is 2.28. The van der Waals surface area contributed by atoms with Crippen LogP contribution < -0.4 is 11.3 Å². The minimum absolute atomic E-state index is 0.0529. The maximum Gasteiger partial charge on any atom is 0.0721 e. The molecule has 0 aromatic heterocycles. The van der Waals surface area contributed by atoms with Crippen LogP contribution in [0.4, 0.5) is 0 Å². The molecular weight excluding hydrogens is 300 g/mol. The van der Waals surface area contributed by atoms with Crippen LogP contribution in [0.3, 0.4) is 0 Å². The summed E-state index contributed by atoms with van der Waals surface area (Å²) in [6, 6.07) is 15.6. The molecule has 4 heteroatoms. The fourth-order valence-electron chi connectivity index (χ4n) is 1.73. The van der Waals surface area contributed by atoms with Gasteiger partial charge in [-0.05, 0) is 29.3 Å². The zero-order chi connectivity index (χ0) is 12.3. The maximum absolute atomic E-state index is 5.88. The molecule has 0 saturated heterocycles. The molecule has 17 heavy (non-hydrogen) atoms. The lowest BCUT2D eigenvalue weighted by molar-refractivity contribution is 0.635. The standard InChI is InChI=1S/C13H12BrClN2/c14-12-4-2-1-3-11(12)13(17-16)9-5-7-10(15)8-6-9/h1-8,13,17H,16H2. The molecule has 0 bridgehead atoms. The van der Waals surface area contributed by atoms with Crippen molar-refractivity contribution in [3.05, 3.63) is 69.2 Å². The molecule has 0 saturated carbocycles. The summed E-state index contributed by atoms with van der Waals surface area (Å²) in [5, 5.41) is 0.719. The summed E-state index contributed by atoms with van der Waals surface area (Å²) in [4.78, 5) is 0. The van der Waals surface area contributed by atoms with E-state index in [0.717, 1.165) is 20.6 Å². The van der Waals surface area contributed by atoms with Gasteiger partial charge in [0.05, 0.1) is 6.04 Å². The van der Waals surface area contributed by atoms with Gasteiger partial charge < -0.3 is 0 Å². The fraction of sp³-hybridized carbons (Fsp3) is 0.0769. The van der Waals surface area contributed by atoms with Gasteiger partial charge in [0, 0.05) is 9.50 Å². The summed E-state index contributed by atoms with van der Waals surface area (Å²) >= 11 is 9.40. The largest absolute Gasteiger partial charge is 0.271 e. The summed E-state index contributed by atoms with van der Waals surface area (Å²) in [7, 11) is 0. The Morgan fingerprint density at radius 2 is 1.71 bits per heavy atom. The third kappa shape index (κ3) is 2.87. The predicted molar refractivity (Wildman–Crippen MR) is 74.8 cm³/mol. The minimum Gasteiger partial charge on any atom is -0.271 e. The monoisotopic (exact) mass is 310 g/mol. The molecule has 1 atom stereocenters. The first-order chi connectivity index (χ1) is 8.22. The number of hydrogen-bond acceptors (Lipinski definition) is 2. The van der Waals surface area contributed by atoms with Crippen molar-refractivity contribution in [2.24, 2.45) is 5.84 Å². The topological polar surface area (TPSA) is 38.0 Å². The van der Waals surface area contributed by atoms with Crippen LogP contribution >= 0.6 is 27.5 Å². The van der Waals surface area contributed by atoms with E-state index in [1.54, 1.807) is 0 Å². The molecule has 0 heterocycles. The number of nitrogens with two attached hydrogens (primary N) is 1. The molecule has 0 spiro atoms. The van der Waals surface area contributed by atoms with Crippen molar-refractivity contribution >= 4 is 27.5 Å². The average Bonchev–Trinajstić information content (AvgIpc) is 2.35. The Bertz CT molecular complexity index is 499. The smallest absolute Gasteiger partial charge is 0.0721 e. The molecule has 2 aromatic carbocycles. The number of hydrazine groups is 1. The third-order valence-electron chi connectivity index (χ3n) is 2.59. The maximum atomic E-state index is 5.88. The highest BCUT2D eigenvalue weighted by atomic mass is 79.9. The van der Waals surface area contributed by atoms with Gasteiger partial charge in [0.15, 0.2) is 0 Å². The lowest BCUT2D eigenvalue weighted by atomic mass is 9.99. The van der Waals surface area contributed by atoms with Crippen LogP contribution in [0.1, 0.15) is 17.2 Å². The predicted octanol–water partition coefficient (Wildman–Crippen LogP) is 3.66. The van der Waals surface area contributed by atoms with E-state index in [9.17, 15) is 0 Å². The Morgan fingerprint density at radius 3 is 2.29 bits per heavy atom. The number of benzene rings is 2. The molecule has 0 fully saturated rings. The third-order valence-corrected chi connectivity index (χ3v) is 3.56. The van der Waals surface area contributed by atoms with Gasteiger partial charge in [0.25, 0.3) is 0 Å². The molecule has 0 aliphatic heterocycles. The Balaban J connectivity index is 2.40. The van der Waals surface area contributed by atoms with Crippen LogP contribution in [0.25, 0.3) is 0 Å². The zero-order valence-electron chi connectivity index (χ0n) is 9.03. The Morgan fingerprint density at radius 1 is 1.06 bits per heavy atom. The van der Waals surface area contributed by atoms with Gasteiger partial charge in [-0.15, -0.1) is 0 Å². The molecule has 1 unspecified atom stereocenters. The van der Waals surface area contributed by atoms with E-state index in [2.05, 4.69) is 21.4 Å². The van der Waals surface area contributed by atoms with Crippen LogP contribution in [0.5, 0.6) is 0 Å². The van der Waals surface area contributed by atoms with Crippen LogP contribution in [-0.4, -0.2) is 0 Å². The first-order valence-electron chi connectivity index (χ1n) is 5.18. The summed E-state index contributed by atoms with van der Waals surface area (Å²) in [5.41, 5.74) is 4.99. The van der Waals surface area contributed by atoms with Gasteiger partial charge in [0.2, 0.25) is 0 Å². The average molecular weight is 312 g/mol. The Labute approximate surface area is 114 Å². The minimum atomic E-state index is -0.0529. The molecule has 3 N–H and O–H groups in total. The first kappa shape index (κ1) is 12.6. The molecule has 0 amide bonds. The van der Waals surface area contributed by atoms with E-state index < -0.39 is 0 Å². The van der Waals surface area contributed by atoms with Gasteiger partial charge in [-0.3, -0.25) is 5.84 Å². The number of halogens is 2. The van der Waals surface area contributed by atoms with E-state index in [4.69, 9.17) is 17.4 Å². The Hall–Kier alpha value is -0.870. The van der Waals surface area contributed by atoms with Gasteiger partial charge in [0.1, 0.15) is 0 Å². The highest BCUT2D eigenvalue weighted by Gasteiger charge is 2.14. The molecule has 88 valence electrons. The molecule has 2 rings (SSSR count). The lowest BCUT2D eigenvalue weighted by Crippen LogP contribution is -2.29. The molecule has 2 aromatic rings. The van der Waals surface area contributed by atoms with Crippen molar-refractivity contribution in [2.45, 2.75) is 6.04 Å². The summed E-state index contributed by atoms with van der Waals surface area (Å²) in [6.45, 7) is 0. The number of hydrogen-bond donors (Lipinski definition) is 2. The SMILES string of the molecule is NNC(c1ccc(Cl)cc1)c1ccccc1Br. The van der Waals surface area contributed by atoms with Gasteiger partial charge in [-0.2, -0.15) is 0 Å². The van der Waals surface area contributed by atoms with Crippen molar-refractivity contribution in [1.29, 1.82) is 0 Å². The fourth-order valence-corrected chi connectivity index (χ4v) is 2.37. The summed E-state index contributed by atoms with van der Waals surface area (Å²) in [5.74, 6) is 5.64. The molecule has 2 nitrogen and oxygen atoms in total. The van der Waals surface area contributed by atoms with E-state index >= 15 is 0 Å². The quantitative estimate of drug-likeness (QED) is 0.670. The van der Waals surface area contributed by atoms with Crippen molar-refractivity contribution in [3.63, 3.8) is 0 Å². The number of nitrogens with one attached hydrogen (secondary N) is 1. The molecule has 0 radical (unpaired) electrons. The number of rotatable bonds is 3. The van der Waals surface area contributed by atoms with E-state index in [1.165, 1.54) is 0 Å². The summed E-state index contributed by atoms with van der Waals surface area (Å²) < 4.78 is 1.03. The highest BCUT2D eigenvalue weighted by molar-refractivity contribution is 9.10.